The summed E-state index contributed by atoms with van der Waals surface area (Å²) in [5, 5.41) is 25.9. The van der Waals surface area contributed by atoms with Crippen molar-refractivity contribution >= 4 is 23.9 Å². The summed E-state index contributed by atoms with van der Waals surface area (Å²) in [6, 6.07) is 0. The summed E-state index contributed by atoms with van der Waals surface area (Å²) >= 11 is -5.52. The number of rotatable bonds is 3. The van der Waals surface area contributed by atoms with Gasteiger partial charge in [-0.05, 0) is 0 Å². The van der Waals surface area contributed by atoms with Crippen LogP contribution in [0.4, 0.5) is 0 Å². The molecule has 0 saturated carbocycles. The topological polar surface area (TPSA) is 246 Å². The van der Waals surface area contributed by atoms with Gasteiger partial charge in [0.1, 0.15) is 0 Å². The van der Waals surface area contributed by atoms with Crippen molar-refractivity contribution in [2.24, 2.45) is 0 Å². The van der Waals surface area contributed by atoms with E-state index in [1.165, 1.54) is 0 Å². The van der Waals surface area contributed by atoms with Gasteiger partial charge in [-0.2, -0.15) is 5.90 Å². The first-order chi connectivity index (χ1) is 8.81. The van der Waals surface area contributed by atoms with Crippen LogP contribution in [0.15, 0.2) is 0 Å². The third kappa shape index (κ3) is 53.9. The SMILES string of the molecule is O=C([O-])C(=O)[O-].[K+].[NH3+]OC(=O)CCC(=O)O.[O]=[Mo](=[O])([OH])[OH]. The third-order valence-electron chi connectivity index (χ3n) is 0.871. The molecule has 0 spiro atoms. The van der Waals surface area contributed by atoms with Crippen molar-refractivity contribution in [1.29, 1.82) is 0 Å². The Kier molecular flexibility index (Phi) is 22.0. The molecule has 0 aromatic carbocycles. The Morgan fingerprint density at radius 3 is 1.43 bits per heavy atom. The second kappa shape index (κ2) is 16.1. The summed E-state index contributed by atoms with van der Waals surface area (Å²) in [4.78, 5) is 41.8. The van der Waals surface area contributed by atoms with Gasteiger partial charge in [-0.15, -0.1) is 0 Å². The van der Waals surface area contributed by atoms with Gasteiger partial charge in [0.15, 0.2) is 0 Å². The zero-order valence-corrected chi connectivity index (χ0v) is 15.7. The van der Waals surface area contributed by atoms with Crippen LogP contribution >= 0.6 is 0 Å². The van der Waals surface area contributed by atoms with Gasteiger partial charge in [0.2, 0.25) is 0 Å². The third-order valence-corrected chi connectivity index (χ3v) is 0.871. The van der Waals surface area contributed by atoms with Crippen molar-refractivity contribution in [2.45, 2.75) is 12.8 Å². The molecule has 0 saturated heterocycles. The van der Waals surface area contributed by atoms with Crippen molar-refractivity contribution < 1.29 is 128 Å². The Morgan fingerprint density at radius 1 is 1.00 bits per heavy atom. The molecule has 0 unspecified atom stereocenters. The maximum absolute atomic E-state index is 10.2. The summed E-state index contributed by atoms with van der Waals surface area (Å²) < 4.78 is 32.0. The first kappa shape index (κ1) is 28.8. The molecule has 0 heterocycles. The second-order valence-electron chi connectivity index (χ2n) is 2.43. The molecule has 13 nitrogen and oxygen atoms in total. The molecule has 0 aliphatic heterocycles. The van der Waals surface area contributed by atoms with Crippen molar-refractivity contribution in [3.63, 3.8) is 0 Å². The number of carbonyl (C=O) groups is 4. The summed E-state index contributed by atoms with van der Waals surface area (Å²) in [6.45, 7) is 0. The van der Waals surface area contributed by atoms with Gasteiger partial charge in [-0.25, -0.2) is 4.79 Å². The van der Waals surface area contributed by atoms with Gasteiger partial charge in [-0.3, -0.25) is 9.63 Å². The van der Waals surface area contributed by atoms with Gasteiger partial charge >= 0.3 is 94.4 Å². The van der Waals surface area contributed by atoms with Gasteiger partial charge in [0, 0.05) is 0 Å². The minimum atomic E-state index is -5.52. The molecule has 0 fully saturated rings. The number of hydrogen-bond donors (Lipinski definition) is 4. The Hall–Kier alpha value is -0.315. The van der Waals surface area contributed by atoms with Crippen molar-refractivity contribution in [2.75, 3.05) is 0 Å². The molecule has 0 aliphatic rings. The van der Waals surface area contributed by atoms with E-state index in [2.05, 4.69) is 10.7 Å². The van der Waals surface area contributed by atoms with Gasteiger partial charge in [0.25, 0.3) is 0 Å². The Morgan fingerprint density at radius 2 is 1.29 bits per heavy atom. The number of aliphatic carboxylic acids is 3. The van der Waals surface area contributed by atoms with Crippen LogP contribution in [-0.4, -0.2) is 36.5 Å². The van der Waals surface area contributed by atoms with Crippen molar-refractivity contribution in [3.8, 4) is 0 Å². The summed E-state index contributed by atoms with van der Waals surface area (Å²) in [7, 11) is 0. The molecule has 15 heteroatoms. The molecule has 6 N–H and O–H groups in total. The van der Waals surface area contributed by atoms with E-state index in [9.17, 15) is 9.59 Å². The van der Waals surface area contributed by atoms with Gasteiger partial charge in [0.05, 0.1) is 24.8 Å². The van der Waals surface area contributed by atoms with E-state index in [1.54, 1.807) is 0 Å². The van der Waals surface area contributed by atoms with Gasteiger partial charge in [-0.1, -0.05) is 0 Å². The molecule has 0 aromatic rings. The number of carboxylic acids is 3. The number of hydrogen-bond acceptors (Lipinski definition) is 9. The molecule has 0 amide bonds. The second-order valence-corrected chi connectivity index (χ2v) is 4.63. The maximum atomic E-state index is 10.2. The van der Waals surface area contributed by atoms with Crippen LogP contribution in [0.2, 0.25) is 0 Å². The molecule has 0 aromatic heterocycles. The number of carbonyl (C=O) groups excluding carboxylic acids is 3. The van der Waals surface area contributed by atoms with E-state index in [-0.39, 0.29) is 64.2 Å². The monoisotopic (exact) mass is 425 g/mol. The van der Waals surface area contributed by atoms with Crippen LogP contribution in [-0.2, 0) is 47.6 Å². The Bertz CT molecular complexity index is 425. The first-order valence-electron chi connectivity index (χ1n) is 4.10. The van der Waals surface area contributed by atoms with E-state index >= 15 is 0 Å². The standard InChI is InChI=1S/C4H7NO4.C2H2O4.K.Mo.2H2O.2O/c5-9-4(8)2-1-3(6)7;3-1(4)2(5)6;;;;;;/h1-2H2,5H3;(H,3,4)(H,5,6);;;2*1H2;;/q;;+1;+2;;;;/p-3. The average molecular weight is 423 g/mol. The molecule has 0 atom stereocenters. The van der Waals surface area contributed by atoms with Crippen LogP contribution in [0, 0.1) is 0 Å². The van der Waals surface area contributed by atoms with E-state index in [1.807, 2.05) is 0 Å². The van der Waals surface area contributed by atoms with E-state index in [0.717, 1.165) is 0 Å². The molecule has 21 heavy (non-hydrogen) atoms. The zero-order valence-electron chi connectivity index (χ0n) is 10.5. The summed E-state index contributed by atoms with van der Waals surface area (Å²) in [5.74, 6) is -3.16. The number of quaternary nitrogens is 1. The van der Waals surface area contributed by atoms with Crippen LogP contribution in [0.1, 0.15) is 12.8 Å². The Balaban J connectivity index is -0.000000106. The Labute approximate surface area is 162 Å². The van der Waals surface area contributed by atoms with Gasteiger partial charge < -0.3 is 24.9 Å². The van der Waals surface area contributed by atoms with Crippen LogP contribution in [0.3, 0.4) is 0 Å². The van der Waals surface area contributed by atoms with E-state index < -0.39 is 40.6 Å². The zero-order chi connectivity index (χ0) is 16.9. The quantitative estimate of drug-likeness (QED) is 0.188. The molecular formula is C6H10KMoNO12. The molecule has 0 radical (unpaired) electrons. The molecule has 0 aliphatic carbocycles. The van der Waals surface area contributed by atoms with Crippen molar-refractivity contribution in [1.82, 2.24) is 0 Å². The van der Waals surface area contributed by atoms with E-state index in [0.29, 0.717) is 0 Å². The normalized spacial score (nSPS) is 8.52. The molecule has 0 rings (SSSR count). The molecule has 0 bridgehead atoms. The summed E-state index contributed by atoms with van der Waals surface area (Å²) in [6.07, 6.45) is -0.312. The number of carboxylic acid groups (broad SMARTS) is 3. The summed E-state index contributed by atoms with van der Waals surface area (Å²) in [5.41, 5.74) is 0. The van der Waals surface area contributed by atoms with Crippen LogP contribution in [0.25, 0.3) is 0 Å². The van der Waals surface area contributed by atoms with Crippen molar-refractivity contribution in [3.05, 3.63) is 0 Å². The minimum absolute atomic E-state index is 0. The van der Waals surface area contributed by atoms with Crippen LogP contribution in [0.5, 0.6) is 0 Å². The fourth-order valence-electron chi connectivity index (χ4n) is 0.281. The predicted octanol–water partition coefficient (Wildman–Crippen LogP) is -9.31. The first-order valence-corrected chi connectivity index (χ1v) is 7.53. The molecule has 118 valence electrons. The van der Waals surface area contributed by atoms with E-state index in [4.69, 9.17) is 39.2 Å². The average Bonchev–Trinajstić information content (AvgIpc) is 2.24. The molecular weight excluding hydrogens is 413 g/mol. The predicted molar refractivity (Wildman–Crippen MR) is 41.7 cm³/mol. The fraction of sp³-hybridized carbons (Fsp3) is 0.333. The fourth-order valence-corrected chi connectivity index (χ4v) is 0.281. The van der Waals surface area contributed by atoms with Crippen LogP contribution < -0.4 is 67.5 Å².